The molecule has 1 fully saturated rings. The Labute approximate surface area is 194 Å². The average molecular weight is 479 g/mol. The molecule has 1 aliphatic rings. The van der Waals surface area contributed by atoms with Crippen molar-refractivity contribution in [1.29, 1.82) is 0 Å². The Morgan fingerprint density at radius 1 is 1.22 bits per heavy atom. The summed E-state index contributed by atoms with van der Waals surface area (Å²) in [5, 5.41) is 3.01. The molecule has 0 radical (unpaired) electrons. The number of sulfonamides is 1. The van der Waals surface area contributed by atoms with Crippen LogP contribution < -0.4 is 10.1 Å². The number of nitrogens with one attached hydrogen (secondary N) is 1. The number of pyridine rings is 1. The minimum absolute atomic E-state index is 0. The number of aryl methyl sites for hydroxylation is 1. The summed E-state index contributed by atoms with van der Waals surface area (Å²) < 4.78 is 34.7. The normalized spacial score (nSPS) is 17.0. The van der Waals surface area contributed by atoms with Gasteiger partial charge in [-0.1, -0.05) is 18.2 Å². The number of piperidine rings is 1. The maximum atomic E-state index is 13.1. The summed E-state index contributed by atoms with van der Waals surface area (Å²) in [6.45, 7) is 4.86. The summed E-state index contributed by atoms with van der Waals surface area (Å²) in [5.74, 6) is 0.340. The van der Waals surface area contributed by atoms with Gasteiger partial charge in [0, 0.05) is 25.3 Å². The number of amides is 1. The molecule has 0 unspecified atom stereocenters. The number of rotatable bonds is 6. The van der Waals surface area contributed by atoms with E-state index in [9.17, 15) is 13.2 Å². The smallest absolute Gasteiger partial charge is 0.270 e. The number of nitrogens with zero attached hydrogens (tertiary/aromatic N) is 3. The molecule has 1 aliphatic heterocycles. The molecule has 172 valence electrons. The molecule has 3 heterocycles. The van der Waals surface area contributed by atoms with Crippen molar-refractivity contribution in [1.82, 2.24) is 19.0 Å². The zero-order valence-electron chi connectivity index (χ0n) is 18.0. The summed E-state index contributed by atoms with van der Waals surface area (Å²) >= 11 is 0. The van der Waals surface area contributed by atoms with Gasteiger partial charge in [-0.3, -0.25) is 9.20 Å². The molecule has 10 heteroatoms. The third kappa shape index (κ3) is 4.60. The molecule has 1 saturated heterocycles. The molecule has 3 aromatic rings. The molecule has 0 aliphatic carbocycles. The van der Waals surface area contributed by atoms with Crippen molar-refractivity contribution in [2.75, 3.05) is 19.7 Å². The van der Waals surface area contributed by atoms with Crippen molar-refractivity contribution in [2.45, 2.75) is 37.6 Å². The van der Waals surface area contributed by atoms with Crippen LogP contribution >= 0.6 is 12.4 Å². The maximum absolute atomic E-state index is 13.1. The second-order valence-corrected chi connectivity index (χ2v) is 9.47. The molecule has 4 rings (SSSR count). The van der Waals surface area contributed by atoms with Gasteiger partial charge in [0.15, 0.2) is 11.4 Å². The Morgan fingerprint density at radius 3 is 2.69 bits per heavy atom. The predicted molar refractivity (Wildman–Crippen MR) is 124 cm³/mol. The van der Waals surface area contributed by atoms with Gasteiger partial charge in [0.25, 0.3) is 5.91 Å². The third-order valence-electron chi connectivity index (χ3n) is 5.40. The average Bonchev–Trinajstić information content (AvgIpc) is 3.11. The number of hydrogen-bond donors (Lipinski definition) is 1. The molecule has 0 saturated carbocycles. The summed E-state index contributed by atoms with van der Waals surface area (Å²) in [4.78, 5) is 17.9. The van der Waals surface area contributed by atoms with Crippen molar-refractivity contribution in [3.05, 3.63) is 60.0 Å². The molecule has 2 aromatic heterocycles. The van der Waals surface area contributed by atoms with Crippen LogP contribution in [0.1, 0.15) is 35.9 Å². The van der Waals surface area contributed by atoms with Gasteiger partial charge in [-0.15, -0.1) is 12.4 Å². The summed E-state index contributed by atoms with van der Waals surface area (Å²) in [6, 6.07) is 11.7. The van der Waals surface area contributed by atoms with Crippen LogP contribution in [0.2, 0.25) is 0 Å². The van der Waals surface area contributed by atoms with Crippen LogP contribution in [0.3, 0.4) is 0 Å². The van der Waals surface area contributed by atoms with Crippen LogP contribution in [0.25, 0.3) is 5.65 Å². The van der Waals surface area contributed by atoms with Crippen molar-refractivity contribution in [2.24, 2.45) is 0 Å². The fourth-order valence-corrected chi connectivity index (χ4v) is 5.52. The highest BCUT2D eigenvalue weighted by atomic mass is 35.5. The molecule has 1 amide bonds. The number of hydrogen-bond acceptors (Lipinski definition) is 5. The highest BCUT2D eigenvalue weighted by Crippen LogP contribution is 2.24. The minimum Gasteiger partial charge on any atom is -0.490 e. The van der Waals surface area contributed by atoms with E-state index in [1.54, 1.807) is 47.9 Å². The van der Waals surface area contributed by atoms with E-state index in [0.29, 0.717) is 48.8 Å². The first-order valence-corrected chi connectivity index (χ1v) is 11.8. The second kappa shape index (κ2) is 9.89. The lowest BCUT2D eigenvalue weighted by Crippen LogP contribution is -2.49. The molecule has 0 bridgehead atoms. The first-order chi connectivity index (χ1) is 14.9. The van der Waals surface area contributed by atoms with Gasteiger partial charge in [0.1, 0.15) is 5.69 Å². The van der Waals surface area contributed by atoms with Gasteiger partial charge in [-0.05, 0) is 51.0 Å². The van der Waals surface area contributed by atoms with E-state index < -0.39 is 10.0 Å². The maximum Gasteiger partial charge on any atom is 0.270 e. The minimum atomic E-state index is -3.59. The van der Waals surface area contributed by atoms with Crippen LogP contribution in [0.5, 0.6) is 5.75 Å². The van der Waals surface area contributed by atoms with Gasteiger partial charge in [0.05, 0.1) is 17.2 Å². The largest absolute Gasteiger partial charge is 0.490 e. The lowest BCUT2D eigenvalue weighted by molar-refractivity contribution is 0.0914. The van der Waals surface area contributed by atoms with Gasteiger partial charge >= 0.3 is 0 Å². The number of fused-ring (bicyclic) bond motifs is 1. The number of ether oxygens (including phenoxy) is 1. The zero-order valence-corrected chi connectivity index (χ0v) is 19.7. The first kappa shape index (κ1) is 24.0. The second-order valence-electron chi connectivity index (χ2n) is 7.53. The molecule has 0 spiro atoms. The summed E-state index contributed by atoms with van der Waals surface area (Å²) in [6.07, 6.45) is 3.17. The molecule has 1 atom stereocenters. The van der Waals surface area contributed by atoms with E-state index >= 15 is 0 Å². The van der Waals surface area contributed by atoms with E-state index in [0.717, 1.165) is 0 Å². The van der Waals surface area contributed by atoms with Crippen molar-refractivity contribution < 1.29 is 17.9 Å². The van der Waals surface area contributed by atoms with Gasteiger partial charge < -0.3 is 10.1 Å². The van der Waals surface area contributed by atoms with Gasteiger partial charge in [-0.2, -0.15) is 4.31 Å². The Kier molecular flexibility index (Phi) is 7.43. The van der Waals surface area contributed by atoms with E-state index in [1.165, 1.54) is 4.31 Å². The number of halogens is 1. The van der Waals surface area contributed by atoms with Crippen molar-refractivity contribution in [3.8, 4) is 5.75 Å². The number of imidazole rings is 1. The summed E-state index contributed by atoms with van der Waals surface area (Å²) in [7, 11) is -3.59. The monoisotopic (exact) mass is 478 g/mol. The lowest BCUT2D eigenvalue weighted by atomic mass is 10.1. The molecule has 8 nitrogen and oxygen atoms in total. The van der Waals surface area contributed by atoms with Crippen LogP contribution in [-0.2, 0) is 10.0 Å². The molecular formula is C22H27ClN4O4S. The lowest BCUT2D eigenvalue weighted by Gasteiger charge is -2.32. The van der Waals surface area contributed by atoms with Gasteiger partial charge in [-0.25, -0.2) is 13.4 Å². The Morgan fingerprint density at radius 2 is 1.97 bits per heavy atom. The van der Waals surface area contributed by atoms with E-state index in [4.69, 9.17) is 4.74 Å². The number of aromatic nitrogens is 2. The Balaban J connectivity index is 0.00000289. The molecule has 1 N–H and O–H groups in total. The standard InChI is InChI=1S/C22H26N4O4S.ClH/c1-3-30-19-12-8-14-26-20(16(2)23-21(19)26)22(27)24-17-9-7-13-25(15-17)31(28,29)18-10-5-4-6-11-18;/h4-6,8,10-12,14,17H,3,7,9,13,15H2,1-2H3,(H,24,27);1H/t17-;/m0./s1. The van der Waals surface area contributed by atoms with Crippen LogP contribution in [-0.4, -0.2) is 53.8 Å². The van der Waals surface area contributed by atoms with E-state index in [1.807, 2.05) is 19.1 Å². The topological polar surface area (TPSA) is 93.0 Å². The SMILES string of the molecule is CCOc1cccn2c(C(=O)N[C@H]3CCCN(S(=O)(=O)c4ccccc4)C3)c(C)nc12.Cl. The highest BCUT2D eigenvalue weighted by molar-refractivity contribution is 7.89. The van der Waals surface area contributed by atoms with E-state index in [2.05, 4.69) is 10.3 Å². The number of carbonyl (C=O) groups is 1. The molecular weight excluding hydrogens is 452 g/mol. The zero-order chi connectivity index (χ0) is 22.0. The number of benzene rings is 1. The van der Waals surface area contributed by atoms with Crippen LogP contribution in [0.4, 0.5) is 0 Å². The summed E-state index contributed by atoms with van der Waals surface area (Å²) in [5.41, 5.74) is 1.61. The van der Waals surface area contributed by atoms with Gasteiger partial charge in [0.2, 0.25) is 10.0 Å². The fraction of sp³-hybridized carbons (Fsp3) is 0.364. The quantitative estimate of drug-likeness (QED) is 0.587. The van der Waals surface area contributed by atoms with Crippen molar-refractivity contribution >= 4 is 34.0 Å². The highest BCUT2D eigenvalue weighted by Gasteiger charge is 2.31. The van der Waals surface area contributed by atoms with E-state index in [-0.39, 0.29) is 35.8 Å². The van der Waals surface area contributed by atoms with Crippen LogP contribution in [0, 0.1) is 6.92 Å². The first-order valence-electron chi connectivity index (χ1n) is 10.4. The molecule has 32 heavy (non-hydrogen) atoms. The fourth-order valence-electron chi connectivity index (χ4n) is 3.97. The number of carbonyl (C=O) groups excluding carboxylic acids is 1. The van der Waals surface area contributed by atoms with Crippen LogP contribution in [0.15, 0.2) is 53.6 Å². The predicted octanol–water partition coefficient (Wildman–Crippen LogP) is 3.05. The molecule has 1 aromatic carbocycles. The Hall–Kier alpha value is -2.62. The Bertz CT molecular complexity index is 1200. The van der Waals surface area contributed by atoms with Crippen molar-refractivity contribution in [3.63, 3.8) is 0 Å². The third-order valence-corrected chi connectivity index (χ3v) is 7.28.